The van der Waals surface area contributed by atoms with Gasteiger partial charge in [0.05, 0.1) is 5.69 Å². The molecule has 2 aromatic carbocycles. The molecule has 3 heteroatoms. The van der Waals surface area contributed by atoms with Crippen LogP contribution in [0, 0.1) is 11.8 Å². The van der Waals surface area contributed by atoms with Gasteiger partial charge in [-0.1, -0.05) is 56.3 Å². The predicted octanol–water partition coefficient (Wildman–Crippen LogP) is 5.92. The Labute approximate surface area is 173 Å². The van der Waals surface area contributed by atoms with Crippen LogP contribution < -0.4 is 0 Å². The zero-order valence-electron chi connectivity index (χ0n) is 17.3. The maximum absolute atomic E-state index is 11.0. The van der Waals surface area contributed by atoms with E-state index in [9.17, 15) is 4.79 Å². The van der Waals surface area contributed by atoms with Crippen molar-refractivity contribution in [2.75, 3.05) is 0 Å². The van der Waals surface area contributed by atoms with Gasteiger partial charge in [-0.05, 0) is 72.4 Å². The summed E-state index contributed by atoms with van der Waals surface area (Å²) in [6.45, 7) is 4.66. The van der Waals surface area contributed by atoms with Crippen LogP contribution in [0.2, 0.25) is 0 Å². The van der Waals surface area contributed by atoms with Gasteiger partial charge < -0.3 is 9.67 Å². The Morgan fingerprint density at radius 1 is 1.10 bits per heavy atom. The SMILES string of the molecule is CC(C)C1CCc2c(cc(-c3ccccc3)n2-c2cccc(CCC(=O)O)c2)C1. The van der Waals surface area contributed by atoms with Crippen LogP contribution in [0.3, 0.4) is 0 Å². The average molecular weight is 388 g/mol. The van der Waals surface area contributed by atoms with Crippen LogP contribution in [0.25, 0.3) is 16.9 Å². The van der Waals surface area contributed by atoms with E-state index >= 15 is 0 Å². The highest BCUT2D eigenvalue weighted by Crippen LogP contribution is 2.37. The van der Waals surface area contributed by atoms with Crippen molar-refractivity contribution in [2.24, 2.45) is 11.8 Å². The average Bonchev–Trinajstić information content (AvgIpc) is 3.12. The number of benzene rings is 2. The number of aryl methyl sites for hydroxylation is 1. The molecule has 0 aliphatic heterocycles. The number of nitrogens with zero attached hydrogens (tertiary/aromatic N) is 1. The normalized spacial score (nSPS) is 16.0. The number of carboxylic acids is 1. The first-order valence-corrected chi connectivity index (χ1v) is 10.6. The third-order valence-corrected chi connectivity index (χ3v) is 6.24. The highest BCUT2D eigenvalue weighted by molar-refractivity contribution is 5.68. The maximum Gasteiger partial charge on any atom is 0.303 e. The minimum absolute atomic E-state index is 0.162. The van der Waals surface area contributed by atoms with Crippen molar-refractivity contribution in [1.82, 2.24) is 4.57 Å². The summed E-state index contributed by atoms with van der Waals surface area (Å²) in [5, 5.41) is 9.04. The van der Waals surface area contributed by atoms with Crippen LogP contribution in [0.4, 0.5) is 0 Å². The van der Waals surface area contributed by atoms with Crippen LogP contribution in [0.15, 0.2) is 60.7 Å². The Morgan fingerprint density at radius 2 is 1.90 bits per heavy atom. The molecule has 1 atom stereocenters. The summed E-state index contributed by atoms with van der Waals surface area (Å²) < 4.78 is 2.41. The van der Waals surface area contributed by atoms with Crippen molar-refractivity contribution < 1.29 is 9.90 Å². The molecular weight excluding hydrogens is 358 g/mol. The van der Waals surface area contributed by atoms with Gasteiger partial charge in [-0.3, -0.25) is 4.79 Å². The second-order valence-electron chi connectivity index (χ2n) is 8.51. The first kappa shape index (κ1) is 19.5. The van der Waals surface area contributed by atoms with Crippen molar-refractivity contribution in [1.29, 1.82) is 0 Å². The first-order valence-electron chi connectivity index (χ1n) is 10.6. The molecule has 0 saturated carbocycles. The number of carboxylic acid groups (broad SMARTS) is 1. The molecule has 1 aliphatic carbocycles. The minimum Gasteiger partial charge on any atom is -0.481 e. The van der Waals surface area contributed by atoms with Crippen molar-refractivity contribution in [3.63, 3.8) is 0 Å². The van der Waals surface area contributed by atoms with Gasteiger partial charge in [0.2, 0.25) is 0 Å². The molecule has 3 nitrogen and oxygen atoms in total. The fourth-order valence-corrected chi connectivity index (χ4v) is 4.55. The molecule has 3 aromatic rings. The predicted molar refractivity (Wildman–Crippen MR) is 118 cm³/mol. The maximum atomic E-state index is 11.0. The number of hydrogen-bond donors (Lipinski definition) is 1. The Bertz CT molecular complexity index is 1000. The molecule has 29 heavy (non-hydrogen) atoms. The summed E-state index contributed by atoms with van der Waals surface area (Å²) >= 11 is 0. The van der Waals surface area contributed by atoms with Gasteiger partial charge in [-0.2, -0.15) is 0 Å². The van der Waals surface area contributed by atoms with Crippen molar-refractivity contribution in [3.05, 3.63) is 77.5 Å². The molecule has 0 fully saturated rings. The molecule has 0 spiro atoms. The van der Waals surface area contributed by atoms with E-state index in [1.165, 1.54) is 28.9 Å². The Kier molecular flexibility index (Phi) is 5.57. The molecule has 0 amide bonds. The van der Waals surface area contributed by atoms with Gasteiger partial charge in [-0.15, -0.1) is 0 Å². The summed E-state index contributed by atoms with van der Waals surface area (Å²) in [5.74, 6) is 0.688. The zero-order valence-corrected chi connectivity index (χ0v) is 17.3. The van der Waals surface area contributed by atoms with Gasteiger partial charge in [0.15, 0.2) is 0 Å². The van der Waals surface area contributed by atoms with E-state index in [2.05, 4.69) is 66.9 Å². The first-order chi connectivity index (χ1) is 14.0. The summed E-state index contributed by atoms with van der Waals surface area (Å²) in [6.07, 6.45) is 4.17. The summed E-state index contributed by atoms with van der Waals surface area (Å²) in [4.78, 5) is 11.0. The molecule has 4 rings (SSSR count). The van der Waals surface area contributed by atoms with E-state index in [1.54, 1.807) is 0 Å². The van der Waals surface area contributed by atoms with Crippen LogP contribution >= 0.6 is 0 Å². The number of aliphatic carboxylic acids is 1. The molecule has 1 aliphatic rings. The highest BCUT2D eigenvalue weighted by Gasteiger charge is 2.26. The summed E-state index contributed by atoms with van der Waals surface area (Å²) in [7, 11) is 0. The van der Waals surface area contributed by atoms with Gasteiger partial charge >= 0.3 is 5.97 Å². The molecule has 0 saturated heterocycles. The fraction of sp³-hybridized carbons (Fsp3) is 0.346. The van der Waals surface area contributed by atoms with E-state index in [0.29, 0.717) is 12.3 Å². The Balaban J connectivity index is 1.80. The van der Waals surface area contributed by atoms with Crippen LogP contribution in [-0.4, -0.2) is 15.6 Å². The van der Waals surface area contributed by atoms with Crippen molar-refractivity contribution in [3.8, 4) is 16.9 Å². The van der Waals surface area contributed by atoms with Crippen LogP contribution in [0.5, 0.6) is 0 Å². The Hall–Kier alpha value is -2.81. The minimum atomic E-state index is -0.751. The Morgan fingerprint density at radius 3 is 2.62 bits per heavy atom. The molecular formula is C26H29NO2. The largest absolute Gasteiger partial charge is 0.481 e. The van der Waals surface area contributed by atoms with Crippen LogP contribution in [-0.2, 0) is 24.1 Å². The van der Waals surface area contributed by atoms with Crippen molar-refractivity contribution >= 4 is 5.97 Å². The quantitative estimate of drug-likeness (QED) is 0.570. The monoisotopic (exact) mass is 387 g/mol. The van der Waals surface area contributed by atoms with E-state index in [0.717, 1.165) is 30.0 Å². The third-order valence-electron chi connectivity index (χ3n) is 6.24. The highest BCUT2D eigenvalue weighted by atomic mass is 16.4. The second kappa shape index (κ2) is 8.28. The lowest BCUT2D eigenvalue weighted by Gasteiger charge is -2.27. The molecule has 1 heterocycles. The lowest BCUT2D eigenvalue weighted by molar-refractivity contribution is -0.136. The molecule has 0 bridgehead atoms. The van der Waals surface area contributed by atoms with Gasteiger partial charge in [0, 0.05) is 17.8 Å². The lowest BCUT2D eigenvalue weighted by atomic mass is 9.81. The molecule has 0 radical (unpaired) electrons. The van der Waals surface area contributed by atoms with Crippen LogP contribution in [0.1, 0.15) is 43.5 Å². The summed E-state index contributed by atoms with van der Waals surface area (Å²) in [5.41, 5.74) is 7.54. The topological polar surface area (TPSA) is 42.2 Å². The number of carbonyl (C=O) groups is 1. The molecule has 1 unspecified atom stereocenters. The van der Waals surface area contributed by atoms with E-state index in [-0.39, 0.29) is 6.42 Å². The number of aromatic nitrogens is 1. The number of hydrogen-bond acceptors (Lipinski definition) is 1. The van der Waals surface area contributed by atoms with E-state index in [4.69, 9.17) is 5.11 Å². The number of fused-ring (bicyclic) bond motifs is 1. The lowest BCUT2D eigenvalue weighted by Crippen LogP contribution is -2.19. The molecule has 150 valence electrons. The van der Waals surface area contributed by atoms with Gasteiger partial charge in [-0.25, -0.2) is 0 Å². The van der Waals surface area contributed by atoms with Gasteiger partial charge in [0.25, 0.3) is 0 Å². The number of rotatable bonds is 6. The van der Waals surface area contributed by atoms with Gasteiger partial charge in [0.1, 0.15) is 0 Å². The summed E-state index contributed by atoms with van der Waals surface area (Å²) in [6, 6.07) is 21.3. The smallest absolute Gasteiger partial charge is 0.303 e. The van der Waals surface area contributed by atoms with E-state index < -0.39 is 5.97 Å². The fourth-order valence-electron chi connectivity index (χ4n) is 4.55. The third kappa shape index (κ3) is 4.14. The molecule has 1 N–H and O–H groups in total. The second-order valence-corrected chi connectivity index (χ2v) is 8.51. The zero-order chi connectivity index (χ0) is 20.4. The van der Waals surface area contributed by atoms with Crippen molar-refractivity contribution in [2.45, 2.75) is 46.0 Å². The molecule has 1 aromatic heterocycles. The standard InChI is InChI=1S/C26H29NO2/c1-18(2)21-12-13-24-22(16-21)17-25(20-8-4-3-5-9-20)27(24)23-10-6-7-19(15-23)11-14-26(28)29/h3-10,15,17-18,21H,11-14,16H2,1-2H3,(H,28,29). The van der Waals surface area contributed by atoms with E-state index in [1.807, 2.05) is 12.1 Å².